The molecule has 2 aliphatic heterocycles. The Labute approximate surface area is 122 Å². The summed E-state index contributed by atoms with van der Waals surface area (Å²) < 4.78 is 5.28. The Hall–Kier alpha value is -1.43. The zero-order chi connectivity index (χ0) is 14.1. The van der Waals surface area contributed by atoms with Crippen LogP contribution in [0.1, 0.15) is 6.42 Å². The molecule has 5 nitrogen and oxygen atoms in total. The van der Waals surface area contributed by atoms with Crippen molar-refractivity contribution in [3.63, 3.8) is 0 Å². The third kappa shape index (κ3) is 2.44. The Morgan fingerprint density at radius 1 is 1.20 bits per heavy atom. The van der Waals surface area contributed by atoms with E-state index in [1.807, 2.05) is 4.90 Å². The minimum atomic E-state index is -0.370. The zero-order valence-electron chi connectivity index (χ0n) is 10.9. The highest BCUT2D eigenvalue weighted by Crippen LogP contribution is 2.27. The summed E-state index contributed by atoms with van der Waals surface area (Å²) in [7, 11) is 0. The number of carbonyl (C=O) groups is 2. The van der Waals surface area contributed by atoms with Gasteiger partial charge in [0.1, 0.15) is 0 Å². The molecule has 1 atom stereocenters. The lowest BCUT2D eigenvalue weighted by Gasteiger charge is -2.30. The summed E-state index contributed by atoms with van der Waals surface area (Å²) in [6, 6.07) is 6.45. The Morgan fingerprint density at radius 2 is 1.95 bits per heavy atom. The predicted molar refractivity (Wildman–Crippen MR) is 74.7 cm³/mol. The van der Waals surface area contributed by atoms with Crippen molar-refractivity contribution in [2.45, 2.75) is 12.5 Å². The smallest absolute Gasteiger partial charge is 0.251 e. The highest BCUT2D eigenvalue weighted by molar-refractivity contribution is 6.31. The van der Waals surface area contributed by atoms with Gasteiger partial charge in [0.25, 0.3) is 5.91 Å². The number of amides is 2. The molecule has 0 spiro atoms. The van der Waals surface area contributed by atoms with Gasteiger partial charge in [-0.15, -0.1) is 0 Å². The fraction of sp³-hybridized carbons (Fsp3) is 0.429. The number of morpholine rings is 1. The number of halogens is 1. The van der Waals surface area contributed by atoms with Crippen LogP contribution in [0, 0.1) is 0 Å². The second-order valence-corrected chi connectivity index (χ2v) is 5.35. The molecule has 1 aromatic carbocycles. The van der Waals surface area contributed by atoms with Crippen molar-refractivity contribution in [2.75, 3.05) is 31.2 Å². The third-order valence-electron chi connectivity index (χ3n) is 3.68. The SMILES string of the molecule is O=C1C[C@H](N2CCOCC2)C(=O)N1c1cccc(Cl)c1. The van der Waals surface area contributed by atoms with Crippen LogP contribution in [0.2, 0.25) is 5.02 Å². The van der Waals surface area contributed by atoms with Gasteiger partial charge in [0, 0.05) is 18.1 Å². The molecule has 1 aromatic rings. The molecule has 2 fully saturated rings. The maximum absolute atomic E-state index is 12.5. The van der Waals surface area contributed by atoms with Crippen LogP contribution in [-0.4, -0.2) is 49.1 Å². The molecular formula is C14H15ClN2O3. The summed E-state index contributed by atoms with van der Waals surface area (Å²) in [5.41, 5.74) is 0.545. The molecule has 0 radical (unpaired) electrons. The van der Waals surface area contributed by atoms with E-state index in [0.717, 1.165) is 0 Å². The van der Waals surface area contributed by atoms with Crippen LogP contribution in [0.5, 0.6) is 0 Å². The Kier molecular flexibility index (Phi) is 3.74. The first kappa shape index (κ1) is 13.5. The second kappa shape index (κ2) is 5.52. The van der Waals surface area contributed by atoms with Crippen LogP contribution in [0.15, 0.2) is 24.3 Å². The Bertz CT molecular complexity index is 543. The lowest BCUT2D eigenvalue weighted by Crippen LogP contribution is -2.47. The quantitative estimate of drug-likeness (QED) is 0.772. The van der Waals surface area contributed by atoms with Gasteiger partial charge in [-0.1, -0.05) is 17.7 Å². The molecule has 106 valence electrons. The molecule has 0 saturated carbocycles. The summed E-state index contributed by atoms with van der Waals surface area (Å²) >= 11 is 5.93. The van der Waals surface area contributed by atoms with Crippen molar-refractivity contribution in [2.24, 2.45) is 0 Å². The Morgan fingerprint density at radius 3 is 2.65 bits per heavy atom. The van der Waals surface area contributed by atoms with Crippen molar-refractivity contribution in [3.8, 4) is 0 Å². The molecule has 6 heteroatoms. The number of hydrogen-bond donors (Lipinski definition) is 0. The lowest BCUT2D eigenvalue weighted by molar-refractivity contribution is -0.123. The fourth-order valence-corrected chi connectivity index (χ4v) is 2.86. The average Bonchev–Trinajstić information content (AvgIpc) is 2.75. The molecule has 0 aliphatic carbocycles. The normalized spacial score (nSPS) is 24.4. The van der Waals surface area contributed by atoms with Gasteiger partial charge in [-0.2, -0.15) is 0 Å². The minimum absolute atomic E-state index is 0.167. The Balaban J connectivity index is 1.83. The van der Waals surface area contributed by atoms with E-state index in [2.05, 4.69) is 0 Å². The molecule has 0 aromatic heterocycles. The van der Waals surface area contributed by atoms with Gasteiger partial charge in [-0.25, -0.2) is 4.90 Å². The first-order valence-electron chi connectivity index (χ1n) is 6.61. The van der Waals surface area contributed by atoms with Crippen molar-refractivity contribution in [1.82, 2.24) is 4.90 Å². The van der Waals surface area contributed by atoms with Crippen LogP contribution in [0.4, 0.5) is 5.69 Å². The van der Waals surface area contributed by atoms with E-state index >= 15 is 0 Å². The van der Waals surface area contributed by atoms with E-state index < -0.39 is 0 Å². The van der Waals surface area contributed by atoms with Crippen LogP contribution >= 0.6 is 11.6 Å². The highest BCUT2D eigenvalue weighted by Gasteiger charge is 2.42. The van der Waals surface area contributed by atoms with E-state index in [4.69, 9.17) is 16.3 Å². The van der Waals surface area contributed by atoms with Crippen molar-refractivity contribution >= 4 is 29.1 Å². The molecule has 2 saturated heterocycles. The predicted octanol–water partition coefficient (Wildman–Crippen LogP) is 1.30. The second-order valence-electron chi connectivity index (χ2n) is 4.92. The van der Waals surface area contributed by atoms with Crippen LogP contribution in [-0.2, 0) is 14.3 Å². The largest absolute Gasteiger partial charge is 0.379 e. The van der Waals surface area contributed by atoms with E-state index in [-0.39, 0.29) is 24.3 Å². The standard InChI is InChI=1S/C14H15ClN2O3/c15-10-2-1-3-11(8-10)17-13(18)9-12(14(17)19)16-4-6-20-7-5-16/h1-3,8,12H,4-7,9H2/t12-/m0/s1. The minimum Gasteiger partial charge on any atom is -0.379 e. The fourth-order valence-electron chi connectivity index (χ4n) is 2.68. The monoisotopic (exact) mass is 294 g/mol. The van der Waals surface area contributed by atoms with Crippen molar-refractivity contribution in [1.29, 1.82) is 0 Å². The molecule has 20 heavy (non-hydrogen) atoms. The number of anilines is 1. The molecule has 2 amide bonds. The van der Waals surface area contributed by atoms with E-state index in [1.54, 1.807) is 24.3 Å². The number of nitrogens with zero attached hydrogens (tertiary/aromatic N) is 2. The van der Waals surface area contributed by atoms with Crippen LogP contribution < -0.4 is 4.90 Å². The molecular weight excluding hydrogens is 280 g/mol. The van der Waals surface area contributed by atoms with E-state index in [1.165, 1.54) is 4.90 Å². The topological polar surface area (TPSA) is 49.9 Å². The summed E-state index contributed by atoms with van der Waals surface area (Å²) in [6.45, 7) is 2.59. The van der Waals surface area contributed by atoms with Gasteiger partial charge in [0.2, 0.25) is 5.91 Å². The first-order chi connectivity index (χ1) is 9.66. The summed E-state index contributed by atoms with van der Waals surface area (Å²) in [5, 5.41) is 0.512. The van der Waals surface area contributed by atoms with Gasteiger partial charge in [-0.3, -0.25) is 14.5 Å². The van der Waals surface area contributed by atoms with Gasteiger partial charge in [-0.05, 0) is 18.2 Å². The van der Waals surface area contributed by atoms with Crippen LogP contribution in [0.3, 0.4) is 0 Å². The molecule has 3 rings (SSSR count). The van der Waals surface area contributed by atoms with E-state index in [0.29, 0.717) is 37.0 Å². The molecule has 0 N–H and O–H groups in total. The van der Waals surface area contributed by atoms with Gasteiger partial charge in [0.15, 0.2) is 0 Å². The molecule has 0 unspecified atom stereocenters. The lowest BCUT2D eigenvalue weighted by atomic mass is 10.2. The average molecular weight is 295 g/mol. The van der Waals surface area contributed by atoms with E-state index in [9.17, 15) is 9.59 Å². The maximum Gasteiger partial charge on any atom is 0.251 e. The highest BCUT2D eigenvalue weighted by atomic mass is 35.5. The summed E-state index contributed by atoms with van der Waals surface area (Å²) in [6.07, 6.45) is 0.228. The number of carbonyl (C=O) groups excluding carboxylic acids is 2. The van der Waals surface area contributed by atoms with Crippen LogP contribution in [0.25, 0.3) is 0 Å². The number of rotatable bonds is 2. The van der Waals surface area contributed by atoms with Gasteiger partial charge < -0.3 is 4.74 Å². The maximum atomic E-state index is 12.5. The van der Waals surface area contributed by atoms with Crippen molar-refractivity contribution < 1.29 is 14.3 Å². The first-order valence-corrected chi connectivity index (χ1v) is 6.99. The summed E-state index contributed by atoms with van der Waals surface area (Å²) in [4.78, 5) is 27.9. The number of imide groups is 1. The molecule has 0 bridgehead atoms. The molecule has 2 aliphatic rings. The number of benzene rings is 1. The van der Waals surface area contributed by atoms with Crippen molar-refractivity contribution in [3.05, 3.63) is 29.3 Å². The number of ether oxygens (including phenoxy) is 1. The third-order valence-corrected chi connectivity index (χ3v) is 3.91. The van der Waals surface area contributed by atoms with Gasteiger partial charge in [0.05, 0.1) is 31.4 Å². The molecule has 2 heterocycles. The van der Waals surface area contributed by atoms with Gasteiger partial charge >= 0.3 is 0 Å². The summed E-state index contributed by atoms with van der Waals surface area (Å²) in [5.74, 6) is -0.340. The zero-order valence-corrected chi connectivity index (χ0v) is 11.7. The number of hydrogen-bond acceptors (Lipinski definition) is 4.